The summed E-state index contributed by atoms with van der Waals surface area (Å²) in [7, 11) is -4.06. The second-order valence-corrected chi connectivity index (χ2v) is 12.0. The molecule has 0 aromatic heterocycles. The summed E-state index contributed by atoms with van der Waals surface area (Å²) < 4.78 is 38.2. The van der Waals surface area contributed by atoms with Gasteiger partial charge in [-0.1, -0.05) is 37.6 Å². The Balaban J connectivity index is 1.70. The molecule has 178 valence electrons. The van der Waals surface area contributed by atoms with Crippen molar-refractivity contribution >= 4 is 15.9 Å². The maximum Gasteiger partial charge on any atom is 0.297 e. The lowest BCUT2D eigenvalue weighted by atomic mass is 9.46. The molecule has 0 amide bonds. The predicted octanol–water partition coefficient (Wildman–Crippen LogP) is 4.73. The third kappa shape index (κ3) is 3.41. The number of Topliss-reactive ketones (excluding diaryl/α,β-unsaturated/α-hetero) is 1. The van der Waals surface area contributed by atoms with E-state index in [9.17, 15) is 18.5 Å². The fourth-order valence-corrected chi connectivity index (χ4v) is 8.00. The third-order valence-electron chi connectivity index (χ3n) is 8.82. The molecule has 7 atom stereocenters. The first-order valence-corrected chi connectivity index (χ1v) is 13.1. The molecule has 1 aromatic carbocycles. The van der Waals surface area contributed by atoms with Crippen molar-refractivity contribution in [2.75, 3.05) is 0 Å². The van der Waals surface area contributed by atoms with Crippen LogP contribution in [0.4, 0.5) is 0 Å². The number of nitrogens with zero attached hydrogens (tertiary/aromatic N) is 1. The van der Waals surface area contributed by atoms with E-state index >= 15 is 0 Å². The summed E-state index contributed by atoms with van der Waals surface area (Å²) in [6.45, 7) is 11.6. The minimum absolute atomic E-state index is 0.0724. The van der Waals surface area contributed by atoms with Gasteiger partial charge in [0.2, 0.25) is 0 Å². The van der Waals surface area contributed by atoms with Gasteiger partial charge in [0.25, 0.3) is 10.1 Å². The predicted molar refractivity (Wildman–Crippen MR) is 124 cm³/mol. The molecule has 1 aliphatic heterocycles. The monoisotopic (exact) mass is 471 g/mol. The van der Waals surface area contributed by atoms with Crippen molar-refractivity contribution in [2.45, 2.75) is 82.5 Å². The van der Waals surface area contributed by atoms with Crippen LogP contribution in [0.5, 0.6) is 0 Å². The molecule has 0 N–H and O–H groups in total. The molecule has 3 fully saturated rings. The van der Waals surface area contributed by atoms with Crippen molar-refractivity contribution in [3.63, 3.8) is 0 Å². The van der Waals surface area contributed by atoms with Gasteiger partial charge in [0.1, 0.15) is 11.4 Å². The summed E-state index contributed by atoms with van der Waals surface area (Å²) in [5.41, 5.74) is -1.76. The molecule has 2 unspecified atom stereocenters. The highest BCUT2D eigenvalue weighted by atomic mass is 32.2. The number of benzene rings is 1. The van der Waals surface area contributed by atoms with Crippen LogP contribution < -0.4 is 0 Å². The Kier molecular flexibility index (Phi) is 5.88. The molecule has 7 heteroatoms. The number of carbonyl (C=O) groups excluding carboxylic acids is 1. The number of ether oxygens (including phenoxy) is 1. The molecule has 2 aliphatic carbocycles. The Morgan fingerprint density at radius 3 is 2.58 bits per heavy atom. The van der Waals surface area contributed by atoms with Crippen LogP contribution in [-0.4, -0.2) is 32.0 Å². The molecule has 33 heavy (non-hydrogen) atoms. The van der Waals surface area contributed by atoms with E-state index < -0.39 is 38.8 Å². The first-order chi connectivity index (χ1) is 15.4. The summed E-state index contributed by atoms with van der Waals surface area (Å²) in [5, 5.41) is 10.0. The summed E-state index contributed by atoms with van der Waals surface area (Å²) in [6, 6.07) is 8.77. The molecule has 3 aliphatic rings. The zero-order valence-corrected chi connectivity index (χ0v) is 20.7. The number of hydrogen-bond donors (Lipinski definition) is 0. The standard InChI is InChI=1S/C26H33NO5S/c1-6-24(4,32-33(29,30)20-12-7-17(2)8-13-20)15-22-25(5)18(3)9-10-19-11-14-21(28)26(19,25)23(16-27)31-22/h6-8,12-13,18-19,22-23H,1,9-11,14-15H2,2-5H3/t18-,19+,22?,23?,24-,25+,26+/m1/s1. The van der Waals surface area contributed by atoms with Crippen LogP contribution in [-0.2, 0) is 23.8 Å². The van der Waals surface area contributed by atoms with Crippen molar-refractivity contribution in [1.29, 1.82) is 5.26 Å². The molecule has 1 aromatic rings. The van der Waals surface area contributed by atoms with Crippen LogP contribution in [0.2, 0.25) is 0 Å². The third-order valence-corrected chi connectivity index (χ3v) is 10.3. The van der Waals surface area contributed by atoms with Gasteiger partial charge in [0.15, 0.2) is 6.10 Å². The van der Waals surface area contributed by atoms with Crippen LogP contribution >= 0.6 is 0 Å². The van der Waals surface area contributed by atoms with Gasteiger partial charge in [0.05, 0.1) is 22.5 Å². The highest BCUT2D eigenvalue weighted by molar-refractivity contribution is 7.86. The summed E-state index contributed by atoms with van der Waals surface area (Å²) in [6.07, 6.45) is 3.43. The molecule has 1 heterocycles. The first kappa shape index (κ1) is 24.1. The SMILES string of the molecule is C=C[C@](C)(CC1OC(C#N)[C@@]23C(=O)CC[C@@H]2CC[C@@H](C)[C@@]13C)OS(=O)(=O)c1ccc(C)cc1. The molecular weight excluding hydrogens is 438 g/mol. The molecule has 1 saturated heterocycles. The number of nitriles is 1. The van der Waals surface area contributed by atoms with Gasteiger partial charge in [-0.25, -0.2) is 0 Å². The number of carbonyl (C=O) groups is 1. The Morgan fingerprint density at radius 2 is 1.97 bits per heavy atom. The number of rotatable bonds is 6. The highest BCUT2D eigenvalue weighted by Gasteiger charge is 2.75. The largest absolute Gasteiger partial charge is 0.358 e. The van der Waals surface area contributed by atoms with E-state index in [-0.39, 0.29) is 28.9 Å². The van der Waals surface area contributed by atoms with Crippen molar-refractivity contribution in [3.05, 3.63) is 42.5 Å². The van der Waals surface area contributed by atoms with Gasteiger partial charge in [-0.05, 0) is 57.1 Å². The van der Waals surface area contributed by atoms with Gasteiger partial charge in [-0.3, -0.25) is 8.98 Å². The maximum atomic E-state index is 13.4. The van der Waals surface area contributed by atoms with Crippen LogP contribution in [0.3, 0.4) is 0 Å². The molecule has 2 saturated carbocycles. The second kappa shape index (κ2) is 8.04. The van der Waals surface area contributed by atoms with Crippen LogP contribution in [0.1, 0.15) is 58.4 Å². The minimum Gasteiger partial charge on any atom is -0.358 e. The second-order valence-electron chi connectivity index (χ2n) is 10.5. The Bertz CT molecular complexity index is 1110. The topological polar surface area (TPSA) is 93.5 Å². The summed E-state index contributed by atoms with van der Waals surface area (Å²) in [4.78, 5) is 13.4. The Hall–Kier alpha value is -2.01. The zero-order valence-electron chi connectivity index (χ0n) is 19.8. The lowest BCUT2D eigenvalue weighted by Gasteiger charge is -2.53. The van der Waals surface area contributed by atoms with E-state index in [1.807, 2.05) is 6.92 Å². The van der Waals surface area contributed by atoms with Crippen LogP contribution in [0, 0.1) is 40.9 Å². The van der Waals surface area contributed by atoms with Crippen molar-refractivity contribution in [2.24, 2.45) is 22.7 Å². The van der Waals surface area contributed by atoms with Gasteiger partial charge in [-0.15, -0.1) is 6.58 Å². The van der Waals surface area contributed by atoms with E-state index in [1.165, 1.54) is 18.2 Å². The van der Waals surface area contributed by atoms with E-state index in [0.717, 1.165) is 24.8 Å². The van der Waals surface area contributed by atoms with E-state index in [1.54, 1.807) is 19.1 Å². The summed E-state index contributed by atoms with van der Waals surface area (Å²) >= 11 is 0. The van der Waals surface area contributed by atoms with Crippen molar-refractivity contribution in [3.8, 4) is 6.07 Å². The van der Waals surface area contributed by atoms with Gasteiger partial charge >= 0.3 is 0 Å². The van der Waals surface area contributed by atoms with E-state index in [4.69, 9.17) is 8.92 Å². The van der Waals surface area contributed by atoms with Crippen LogP contribution in [0.25, 0.3) is 0 Å². The zero-order chi connectivity index (χ0) is 24.2. The van der Waals surface area contributed by atoms with Crippen molar-refractivity contribution in [1.82, 2.24) is 0 Å². The van der Waals surface area contributed by atoms with Crippen molar-refractivity contribution < 1.29 is 22.1 Å². The summed E-state index contributed by atoms with van der Waals surface area (Å²) in [5.74, 6) is 0.374. The van der Waals surface area contributed by atoms with Crippen LogP contribution in [0.15, 0.2) is 41.8 Å². The molecule has 6 nitrogen and oxygen atoms in total. The molecule has 0 radical (unpaired) electrons. The molecule has 0 bridgehead atoms. The first-order valence-electron chi connectivity index (χ1n) is 11.7. The smallest absolute Gasteiger partial charge is 0.297 e. The highest BCUT2D eigenvalue weighted by Crippen LogP contribution is 2.69. The average Bonchev–Trinajstić information content (AvgIpc) is 3.24. The van der Waals surface area contributed by atoms with E-state index in [0.29, 0.717) is 6.42 Å². The Labute approximate surface area is 197 Å². The quantitative estimate of drug-likeness (QED) is 0.440. The van der Waals surface area contributed by atoms with Gasteiger partial charge < -0.3 is 4.74 Å². The lowest BCUT2D eigenvalue weighted by Crippen LogP contribution is -2.58. The van der Waals surface area contributed by atoms with Gasteiger partial charge in [0, 0.05) is 18.3 Å². The van der Waals surface area contributed by atoms with Gasteiger partial charge in [-0.2, -0.15) is 13.7 Å². The lowest BCUT2D eigenvalue weighted by molar-refractivity contribution is -0.143. The normalized spacial score (nSPS) is 37.6. The maximum absolute atomic E-state index is 13.4. The fourth-order valence-electron chi connectivity index (χ4n) is 6.79. The minimum atomic E-state index is -4.06. The fraction of sp³-hybridized carbons (Fsp3) is 0.615. The molecule has 4 rings (SSSR count). The average molecular weight is 472 g/mol. The number of aryl methyl sites for hydroxylation is 1. The number of hydrogen-bond acceptors (Lipinski definition) is 6. The molecular formula is C26H33NO5S. The Morgan fingerprint density at radius 1 is 1.30 bits per heavy atom. The molecule has 1 spiro atoms. The van der Waals surface area contributed by atoms with E-state index in [2.05, 4.69) is 26.5 Å². The number of ketones is 1.